The van der Waals surface area contributed by atoms with E-state index < -0.39 is 0 Å². The highest BCUT2D eigenvalue weighted by Crippen LogP contribution is 2.31. The molecule has 0 saturated carbocycles. The van der Waals surface area contributed by atoms with Crippen molar-refractivity contribution in [1.29, 1.82) is 0 Å². The van der Waals surface area contributed by atoms with E-state index in [1.165, 1.54) is 12.1 Å². The van der Waals surface area contributed by atoms with Crippen molar-refractivity contribution in [2.24, 2.45) is 5.92 Å². The Morgan fingerprint density at radius 1 is 1.29 bits per heavy atom. The van der Waals surface area contributed by atoms with Gasteiger partial charge in [0.05, 0.1) is 5.56 Å². The van der Waals surface area contributed by atoms with Crippen molar-refractivity contribution in [2.45, 2.75) is 20.3 Å². The zero-order valence-electron chi connectivity index (χ0n) is 9.90. The quantitative estimate of drug-likeness (QED) is 0.886. The van der Waals surface area contributed by atoms with Crippen LogP contribution in [0.2, 0.25) is 0 Å². The largest absolute Gasteiger partial charge is 0.380 e. The number of nitrogen functional groups attached to an aromatic ring is 1. The first kappa shape index (κ1) is 11.6. The van der Waals surface area contributed by atoms with Gasteiger partial charge in [0.25, 0.3) is 0 Å². The molecule has 17 heavy (non-hydrogen) atoms. The molecule has 0 atom stereocenters. The van der Waals surface area contributed by atoms with E-state index in [1.54, 1.807) is 12.1 Å². The van der Waals surface area contributed by atoms with E-state index in [0.717, 1.165) is 23.3 Å². The lowest BCUT2D eigenvalue weighted by Gasteiger charge is -2.04. The van der Waals surface area contributed by atoms with Crippen LogP contribution in [0, 0.1) is 11.7 Å². The van der Waals surface area contributed by atoms with E-state index >= 15 is 0 Å². The van der Waals surface area contributed by atoms with Gasteiger partial charge in [-0.15, -0.1) is 0 Å². The van der Waals surface area contributed by atoms with Crippen LogP contribution in [0.25, 0.3) is 11.1 Å². The van der Waals surface area contributed by atoms with Crippen LogP contribution in [-0.2, 0) is 6.42 Å². The second kappa shape index (κ2) is 4.57. The first-order valence-electron chi connectivity index (χ1n) is 5.58. The third kappa shape index (κ3) is 2.46. The fraction of sp³-hybridized carbons (Fsp3) is 0.308. The van der Waals surface area contributed by atoms with Crippen molar-refractivity contribution < 1.29 is 8.91 Å². The Bertz CT molecular complexity index is 503. The first-order valence-corrected chi connectivity index (χ1v) is 5.58. The average Bonchev–Trinajstić information content (AvgIpc) is 2.61. The number of rotatable bonds is 3. The number of aromatic nitrogens is 1. The molecule has 2 N–H and O–H groups in total. The molecule has 1 aromatic heterocycles. The highest BCUT2D eigenvalue weighted by Gasteiger charge is 2.16. The lowest BCUT2D eigenvalue weighted by atomic mass is 10.0. The molecule has 0 aliphatic heterocycles. The molecule has 4 heteroatoms. The summed E-state index contributed by atoms with van der Waals surface area (Å²) >= 11 is 0. The molecule has 2 rings (SSSR count). The molecule has 0 saturated heterocycles. The average molecular weight is 234 g/mol. The van der Waals surface area contributed by atoms with Crippen LogP contribution in [-0.4, -0.2) is 5.16 Å². The van der Waals surface area contributed by atoms with Crippen molar-refractivity contribution >= 4 is 5.82 Å². The van der Waals surface area contributed by atoms with Crippen LogP contribution in [0.4, 0.5) is 10.2 Å². The molecule has 90 valence electrons. The van der Waals surface area contributed by atoms with Crippen LogP contribution in [0.15, 0.2) is 28.8 Å². The number of anilines is 1. The molecular weight excluding hydrogens is 219 g/mol. The van der Waals surface area contributed by atoms with E-state index in [1.807, 2.05) is 0 Å². The van der Waals surface area contributed by atoms with Crippen LogP contribution in [0.5, 0.6) is 0 Å². The van der Waals surface area contributed by atoms with Crippen LogP contribution < -0.4 is 5.73 Å². The number of hydrogen-bond donors (Lipinski definition) is 1. The standard InChI is InChI=1S/C13H15FN2O/c1-8(2)7-11-12(13(15)16-17-11)9-3-5-10(14)6-4-9/h3-6,8H,7H2,1-2H3,(H2,15,16). The smallest absolute Gasteiger partial charge is 0.175 e. The summed E-state index contributed by atoms with van der Waals surface area (Å²) in [5, 5.41) is 3.78. The molecule has 3 nitrogen and oxygen atoms in total. The minimum absolute atomic E-state index is 0.269. The SMILES string of the molecule is CC(C)Cc1onc(N)c1-c1ccc(F)cc1. The third-order valence-electron chi connectivity index (χ3n) is 2.52. The second-order valence-electron chi connectivity index (χ2n) is 4.47. The lowest BCUT2D eigenvalue weighted by molar-refractivity contribution is 0.372. The highest BCUT2D eigenvalue weighted by atomic mass is 19.1. The minimum Gasteiger partial charge on any atom is -0.380 e. The highest BCUT2D eigenvalue weighted by molar-refractivity contribution is 5.75. The Balaban J connectivity index is 2.43. The third-order valence-corrected chi connectivity index (χ3v) is 2.52. The summed E-state index contributed by atoms with van der Waals surface area (Å²) < 4.78 is 18.1. The van der Waals surface area contributed by atoms with Gasteiger partial charge < -0.3 is 10.3 Å². The molecule has 0 fully saturated rings. The van der Waals surface area contributed by atoms with E-state index in [2.05, 4.69) is 19.0 Å². The van der Waals surface area contributed by atoms with Gasteiger partial charge in [-0.1, -0.05) is 31.1 Å². The molecular formula is C13H15FN2O. The summed E-state index contributed by atoms with van der Waals surface area (Å²) in [5.74, 6) is 1.28. The van der Waals surface area contributed by atoms with Crippen LogP contribution >= 0.6 is 0 Å². The molecule has 0 unspecified atom stereocenters. The minimum atomic E-state index is -0.269. The normalized spacial score (nSPS) is 11.1. The summed E-state index contributed by atoms with van der Waals surface area (Å²) in [4.78, 5) is 0. The maximum atomic E-state index is 12.9. The Morgan fingerprint density at radius 3 is 2.53 bits per heavy atom. The predicted octanol–water partition coefficient (Wildman–Crippen LogP) is 3.26. The van der Waals surface area contributed by atoms with E-state index in [4.69, 9.17) is 10.3 Å². The predicted molar refractivity (Wildman–Crippen MR) is 64.9 cm³/mol. The van der Waals surface area contributed by atoms with Crippen LogP contribution in [0.1, 0.15) is 19.6 Å². The van der Waals surface area contributed by atoms with Gasteiger partial charge in [-0.3, -0.25) is 0 Å². The number of nitrogens with two attached hydrogens (primary N) is 1. The fourth-order valence-electron chi connectivity index (χ4n) is 1.77. The van der Waals surface area contributed by atoms with Crippen molar-refractivity contribution in [3.63, 3.8) is 0 Å². The number of halogens is 1. The molecule has 0 spiro atoms. The molecule has 2 aromatic rings. The molecule has 0 amide bonds. The summed E-state index contributed by atoms with van der Waals surface area (Å²) in [6.45, 7) is 4.18. The second-order valence-corrected chi connectivity index (χ2v) is 4.47. The molecule has 1 heterocycles. The van der Waals surface area contributed by atoms with E-state index in [9.17, 15) is 4.39 Å². The van der Waals surface area contributed by atoms with Gasteiger partial charge in [-0.05, 0) is 23.6 Å². The molecule has 1 aromatic carbocycles. The molecule has 0 bridgehead atoms. The first-order chi connectivity index (χ1) is 8.08. The van der Waals surface area contributed by atoms with Crippen molar-refractivity contribution in [3.8, 4) is 11.1 Å². The zero-order valence-corrected chi connectivity index (χ0v) is 9.90. The zero-order chi connectivity index (χ0) is 12.4. The van der Waals surface area contributed by atoms with Crippen molar-refractivity contribution in [3.05, 3.63) is 35.8 Å². The maximum absolute atomic E-state index is 12.9. The van der Waals surface area contributed by atoms with Crippen LogP contribution in [0.3, 0.4) is 0 Å². The summed E-state index contributed by atoms with van der Waals surface area (Å²) in [7, 11) is 0. The van der Waals surface area contributed by atoms with Gasteiger partial charge >= 0.3 is 0 Å². The lowest BCUT2D eigenvalue weighted by Crippen LogP contribution is -1.95. The Hall–Kier alpha value is -1.84. The van der Waals surface area contributed by atoms with E-state index in [0.29, 0.717) is 11.7 Å². The maximum Gasteiger partial charge on any atom is 0.175 e. The summed E-state index contributed by atoms with van der Waals surface area (Å²) in [6, 6.07) is 6.17. The summed E-state index contributed by atoms with van der Waals surface area (Å²) in [6.07, 6.45) is 0.761. The van der Waals surface area contributed by atoms with Gasteiger partial charge in [-0.25, -0.2) is 4.39 Å². The number of hydrogen-bond acceptors (Lipinski definition) is 3. The van der Waals surface area contributed by atoms with E-state index in [-0.39, 0.29) is 5.82 Å². The number of nitrogens with zero attached hydrogens (tertiary/aromatic N) is 1. The molecule has 0 aliphatic carbocycles. The van der Waals surface area contributed by atoms with Gasteiger partial charge in [0.15, 0.2) is 5.82 Å². The van der Waals surface area contributed by atoms with Gasteiger partial charge in [0.2, 0.25) is 0 Å². The van der Waals surface area contributed by atoms with Gasteiger partial charge in [0.1, 0.15) is 11.6 Å². The number of benzene rings is 1. The monoisotopic (exact) mass is 234 g/mol. The Kier molecular flexibility index (Phi) is 3.13. The Labute approximate surface area is 99.4 Å². The van der Waals surface area contributed by atoms with Gasteiger partial charge in [-0.2, -0.15) is 0 Å². The van der Waals surface area contributed by atoms with Gasteiger partial charge in [0, 0.05) is 6.42 Å². The summed E-state index contributed by atoms with van der Waals surface area (Å²) in [5.41, 5.74) is 7.40. The molecule has 0 radical (unpaired) electrons. The van der Waals surface area contributed by atoms with Crippen molar-refractivity contribution in [2.75, 3.05) is 5.73 Å². The fourth-order valence-corrected chi connectivity index (χ4v) is 1.77. The Morgan fingerprint density at radius 2 is 1.94 bits per heavy atom. The van der Waals surface area contributed by atoms with Crippen molar-refractivity contribution in [1.82, 2.24) is 5.16 Å². The topological polar surface area (TPSA) is 52.0 Å². The molecule has 0 aliphatic rings.